The highest BCUT2D eigenvalue weighted by Gasteiger charge is 2.29. The summed E-state index contributed by atoms with van der Waals surface area (Å²) in [5.41, 5.74) is -0.401. The highest BCUT2D eigenvalue weighted by atomic mass is 79.9. The number of halogens is 1. The molecule has 0 radical (unpaired) electrons. The van der Waals surface area contributed by atoms with E-state index in [1.807, 2.05) is 20.8 Å². The molecule has 1 N–H and O–H groups in total. The summed E-state index contributed by atoms with van der Waals surface area (Å²) >= 11 is 3.46. The van der Waals surface area contributed by atoms with Crippen LogP contribution < -0.4 is 5.32 Å². The maximum Gasteiger partial charge on any atom is 0.407 e. The van der Waals surface area contributed by atoms with Crippen molar-refractivity contribution in [2.24, 2.45) is 0 Å². The third-order valence-electron chi connectivity index (χ3n) is 1.80. The van der Waals surface area contributed by atoms with Gasteiger partial charge in [0.25, 0.3) is 0 Å². The molecule has 0 heterocycles. The van der Waals surface area contributed by atoms with Crippen molar-refractivity contribution in [1.82, 2.24) is 5.32 Å². The van der Waals surface area contributed by atoms with Crippen molar-refractivity contribution >= 4 is 22.0 Å². The number of alkyl halides is 1. The molecule has 0 spiro atoms. The molecule has 13 heavy (non-hydrogen) atoms. The summed E-state index contributed by atoms with van der Waals surface area (Å²) in [5, 5.41) is 2.81. The Bertz CT molecular complexity index is 194. The molecule has 3 nitrogen and oxygen atoms in total. The van der Waals surface area contributed by atoms with E-state index < -0.39 is 5.60 Å². The summed E-state index contributed by atoms with van der Waals surface area (Å²) < 4.78 is 5.11. The van der Waals surface area contributed by atoms with Crippen LogP contribution >= 0.6 is 15.9 Å². The van der Waals surface area contributed by atoms with Crippen LogP contribution in [0.25, 0.3) is 0 Å². The van der Waals surface area contributed by atoms with E-state index in [0.29, 0.717) is 10.9 Å². The van der Waals surface area contributed by atoms with Crippen LogP contribution in [-0.4, -0.2) is 22.6 Å². The summed E-state index contributed by atoms with van der Waals surface area (Å²) in [7, 11) is 0. The van der Waals surface area contributed by atoms with Gasteiger partial charge in [0.05, 0.1) is 0 Å². The van der Waals surface area contributed by atoms with Crippen LogP contribution in [0.4, 0.5) is 4.79 Å². The SMILES string of the molecule is CC(C)(C)OC(=O)NC1CC(Br)C1. The van der Waals surface area contributed by atoms with Crippen LogP contribution in [0.3, 0.4) is 0 Å². The lowest BCUT2D eigenvalue weighted by atomic mass is 9.93. The molecular formula is C9H16BrNO2. The lowest BCUT2D eigenvalue weighted by Gasteiger charge is -2.32. The largest absolute Gasteiger partial charge is 0.444 e. The quantitative estimate of drug-likeness (QED) is 0.726. The van der Waals surface area contributed by atoms with E-state index in [4.69, 9.17) is 4.74 Å². The molecule has 1 amide bonds. The van der Waals surface area contributed by atoms with Crippen LogP contribution in [-0.2, 0) is 4.74 Å². The number of nitrogens with one attached hydrogen (secondary N) is 1. The van der Waals surface area contributed by atoms with Gasteiger partial charge in [0, 0.05) is 10.9 Å². The van der Waals surface area contributed by atoms with E-state index in [-0.39, 0.29) is 6.09 Å². The normalized spacial score (nSPS) is 27.7. The lowest BCUT2D eigenvalue weighted by Crippen LogP contribution is -2.46. The second-order valence-corrected chi connectivity index (χ2v) is 5.71. The van der Waals surface area contributed by atoms with Gasteiger partial charge >= 0.3 is 6.09 Å². The van der Waals surface area contributed by atoms with Crippen molar-refractivity contribution in [3.8, 4) is 0 Å². The van der Waals surface area contributed by atoms with E-state index in [1.165, 1.54) is 0 Å². The van der Waals surface area contributed by atoms with Crippen molar-refractivity contribution in [2.45, 2.75) is 50.1 Å². The number of carbonyl (C=O) groups excluding carboxylic acids is 1. The van der Waals surface area contributed by atoms with E-state index in [2.05, 4.69) is 21.2 Å². The maximum atomic E-state index is 11.2. The predicted octanol–water partition coefficient (Wildman–Crippen LogP) is 2.44. The Balaban J connectivity index is 2.19. The summed E-state index contributed by atoms with van der Waals surface area (Å²) in [5.74, 6) is 0. The molecule has 1 aliphatic carbocycles. The highest BCUT2D eigenvalue weighted by molar-refractivity contribution is 9.09. The van der Waals surface area contributed by atoms with Gasteiger partial charge in [0.2, 0.25) is 0 Å². The van der Waals surface area contributed by atoms with Gasteiger partial charge in [-0.15, -0.1) is 0 Å². The molecule has 0 unspecified atom stereocenters. The van der Waals surface area contributed by atoms with E-state index in [9.17, 15) is 4.79 Å². The number of alkyl carbamates (subject to hydrolysis) is 1. The third-order valence-corrected chi connectivity index (χ3v) is 2.55. The molecule has 1 saturated carbocycles. The van der Waals surface area contributed by atoms with Gasteiger partial charge in [-0.05, 0) is 33.6 Å². The highest BCUT2D eigenvalue weighted by Crippen LogP contribution is 2.27. The topological polar surface area (TPSA) is 38.3 Å². The molecule has 0 aromatic carbocycles. The standard InChI is InChI=1S/C9H16BrNO2/c1-9(2,3)13-8(12)11-7-4-6(10)5-7/h6-7H,4-5H2,1-3H3,(H,11,12). The van der Waals surface area contributed by atoms with Crippen LogP contribution in [0.5, 0.6) is 0 Å². The monoisotopic (exact) mass is 249 g/mol. The molecular weight excluding hydrogens is 234 g/mol. The zero-order valence-corrected chi connectivity index (χ0v) is 9.85. The summed E-state index contributed by atoms with van der Waals surface area (Å²) in [6.45, 7) is 5.59. The average molecular weight is 250 g/mol. The summed E-state index contributed by atoms with van der Waals surface area (Å²) in [4.78, 5) is 11.8. The van der Waals surface area contributed by atoms with Crippen molar-refractivity contribution in [3.05, 3.63) is 0 Å². The Morgan fingerprint density at radius 3 is 2.38 bits per heavy atom. The van der Waals surface area contributed by atoms with Gasteiger partial charge < -0.3 is 10.1 Å². The summed E-state index contributed by atoms with van der Waals surface area (Å²) in [6, 6.07) is 0.291. The zero-order valence-electron chi connectivity index (χ0n) is 8.26. The molecule has 1 rings (SSSR count). The van der Waals surface area contributed by atoms with Crippen molar-refractivity contribution in [2.75, 3.05) is 0 Å². The summed E-state index contributed by atoms with van der Waals surface area (Å²) in [6.07, 6.45) is 1.69. The van der Waals surface area contributed by atoms with Crippen molar-refractivity contribution < 1.29 is 9.53 Å². The van der Waals surface area contributed by atoms with Gasteiger partial charge in [0.1, 0.15) is 5.60 Å². The fraction of sp³-hybridized carbons (Fsp3) is 0.889. The molecule has 1 aliphatic rings. The Kier molecular flexibility index (Phi) is 3.22. The predicted molar refractivity (Wildman–Crippen MR) is 55.1 cm³/mol. The molecule has 4 heteroatoms. The molecule has 76 valence electrons. The van der Waals surface area contributed by atoms with Gasteiger partial charge in [0.15, 0.2) is 0 Å². The molecule has 0 bridgehead atoms. The molecule has 1 fully saturated rings. The number of amides is 1. The van der Waals surface area contributed by atoms with Crippen LogP contribution in [0, 0.1) is 0 Å². The number of hydrogen-bond donors (Lipinski definition) is 1. The number of rotatable bonds is 1. The number of carbonyl (C=O) groups is 1. The molecule has 0 atom stereocenters. The van der Waals surface area contributed by atoms with E-state index in [1.54, 1.807) is 0 Å². The van der Waals surface area contributed by atoms with Gasteiger partial charge in [-0.3, -0.25) is 0 Å². The van der Waals surface area contributed by atoms with Crippen LogP contribution in [0.2, 0.25) is 0 Å². The van der Waals surface area contributed by atoms with Crippen LogP contribution in [0.15, 0.2) is 0 Å². The molecule has 0 aliphatic heterocycles. The van der Waals surface area contributed by atoms with Gasteiger partial charge in [-0.25, -0.2) is 4.79 Å². The Hall–Kier alpha value is -0.250. The van der Waals surface area contributed by atoms with Crippen LogP contribution in [0.1, 0.15) is 33.6 Å². The second kappa shape index (κ2) is 3.86. The number of hydrogen-bond acceptors (Lipinski definition) is 2. The fourth-order valence-electron chi connectivity index (χ4n) is 1.14. The van der Waals surface area contributed by atoms with Crippen molar-refractivity contribution in [1.29, 1.82) is 0 Å². The third kappa shape index (κ3) is 3.98. The smallest absolute Gasteiger partial charge is 0.407 e. The van der Waals surface area contributed by atoms with Gasteiger partial charge in [-0.2, -0.15) is 0 Å². The molecule has 0 aromatic rings. The lowest BCUT2D eigenvalue weighted by molar-refractivity contribution is 0.0483. The van der Waals surface area contributed by atoms with E-state index in [0.717, 1.165) is 12.8 Å². The number of ether oxygens (including phenoxy) is 1. The average Bonchev–Trinajstić information content (AvgIpc) is 1.79. The maximum absolute atomic E-state index is 11.2. The van der Waals surface area contributed by atoms with Crippen molar-refractivity contribution in [3.63, 3.8) is 0 Å². The molecule has 0 aromatic heterocycles. The Morgan fingerprint density at radius 2 is 2.00 bits per heavy atom. The Morgan fingerprint density at radius 1 is 1.46 bits per heavy atom. The first-order valence-electron chi connectivity index (χ1n) is 4.50. The zero-order chi connectivity index (χ0) is 10.1. The Labute approximate surface area is 87.3 Å². The first kappa shape index (κ1) is 10.8. The minimum atomic E-state index is -0.401. The first-order chi connectivity index (χ1) is 5.87. The second-order valence-electron chi connectivity index (χ2n) is 4.41. The molecule has 0 saturated heterocycles. The minimum Gasteiger partial charge on any atom is -0.444 e. The minimum absolute atomic E-state index is 0.291. The fourth-order valence-corrected chi connectivity index (χ4v) is 2.04. The van der Waals surface area contributed by atoms with E-state index >= 15 is 0 Å². The van der Waals surface area contributed by atoms with Gasteiger partial charge in [-0.1, -0.05) is 15.9 Å². The first-order valence-corrected chi connectivity index (χ1v) is 5.42.